The summed E-state index contributed by atoms with van der Waals surface area (Å²) in [4.78, 5) is 55.3. The number of hydrogen-bond acceptors (Lipinski definition) is 6. The molecule has 0 aliphatic carbocycles. The number of fused-ring (bicyclic) bond motifs is 4. The molecule has 5 aromatic rings. The Bertz CT molecular complexity index is 2150. The normalized spacial score (nSPS) is 17.2. The van der Waals surface area contributed by atoms with Crippen LogP contribution in [-0.2, 0) is 13.1 Å². The Morgan fingerprint density at radius 1 is 0.786 bits per heavy atom. The number of phenolic OH excluding ortho intramolecular Hbond substituents is 1. The monoisotopic (exact) mass is 678 g/mol. The number of aromatic nitrogens is 6. The summed E-state index contributed by atoms with van der Waals surface area (Å²) in [6.07, 6.45) is 1.83. The second-order valence-corrected chi connectivity index (χ2v) is 11.2. The summed E-state index contributed by atoms with van der Waals surface area (Å²) in [6, 6.07) is 19.0. The van der Waals surface area contributed by atoms with E-state index < -0.39 is 34.8 Å². The molecule has 7 rings (SSSR count). The van der Waals surface area contributed by atoms with Gasteiger partial charge in [-0.3, -0.25) is 0 Å². The van der Waals surface area contributed by atoms with Crippen LogP contribution in [0.1, 0.15) is 17.6 Å². The van der Waals surface area contributed by atoms with Gasteiger partial charge in [0.25, 0.3) is 0 Å². The van der Waals surface area contributed by atoms with E-state index in [1.807, 2.05) is 28.7 Å². The Morgan fingerprint density at radius 3 is 1.95 bits per heavy atom. The molecule has 2 aromatic heterocycles. The molecule has 12 nitrogen and oxygen atoms in total. The van der Waals surface area contributed by atoms with Crippen molar-refractivity contribution in [2.75, 3.05) is 7.11 Å². The second kappa shape index (κ2) is 9.65. The third-order valence-electron chi connectivity index (χ3n) is 7.82. The number of allylic oxidation sites excluding steroid dienone is 2. The van der Waals surface area contributed by atoms with Crippen LogP contribution in [0, 0.1) is 3.57 Å². The highest BCUT2D eigenvalue weighted by molar-refractivity contribution is 14.1. The van der Waals surface area contributed by atoms with Gasteiger partial charge >= 0.3 is 22.8 Å². The number of halogens is 1. The molecular weight excluding hydrogens is 655 g/mol. The Morgan fingerprint density at radius 2 is 1.36 bits per heavy atom. The second-order valence-electron chi connectivity index (χ2n) is 10.0. The van der Waals surface area contributed by atoms with Crippen LogP contribution in [0.15, 0.2) is 104 Å². The van der Waals surface area contributed by atoms with Gasteiger partial charge in [-0.1, -0.05) is 42.5 Å². The third kappa shape index (κ3) is 3.65. The van der Waals surface area contributed by atoms with E-state index in [9.17, 15) is 24.3 Å². The van der Waals surface area contributed by atoms with Crippen LogP contribution < -0.4 is 27.5 Å². The first-order valence-corrected chi connectivity index (χ1v) is 14.2. The highest BCUT2D eigenvalue weighted by atomic mass is 127. The lowest BCUT2D eigenvalue weighted by atomic mass is 9.90. The maximum atomic E-state index is 14.0. The molecule has 0 radical (unpaired) electrons. The van der Waals surface area contributed by atoms with Crippen molar-refractivity contribution >= 4 is 22.6 Å². The lowest BCUT2D eigenvalue weighted by Crippen LogP contribution is -2.47. The zero-order chi connectivity index (χ0) is 29.3. The molecule has 0 amide bonds. The summed E-state index contributed by atoms with van der Waals surface area (Å²) in [7, 11) is 1.43. The first-order valence-electron chi connectivity index (χ1n) is 13.1. The van der Waals surface area contributed by atoms with Gasteiger partial charge in [-0.05, 0) is 70.1 Å². The number of rotatable bonds is 4. The van der Waals surface area contributed by atoms with E-state index in [0.29, 0.717) is 26.1 Å². The number of aromatic hydroxyl groups is 1. The van der Waals surface area contributed by atoms with E-state index in [2.05, 4.69) is 0 Å². The van der Waals surface area contributed by atoms with Gasteiger partial charge in [0.15, 0.2) is 11.5 Å². The van der Waals surface area contributed by atoms with Crippen molar-refractivity contribution in [3.05, 3.63) is 136 Å². The van der Waals surface area contributed by atoms with E-state index >= 15 is 0 Å². The minimum atomic E-state index is -0.840. The first-order chi connectivity index (χ1) is 20.3. The van der Waals surface area contributed by atoms with E-state index in [0.717, 1.165) is 9.13 Å². The van der Waals surface area contributed by atoms with E-state index in [1.165, 1.54) is 25.8 Å². The SMILES string of the molecule is COc1cc(C2C3=CCn4c(=O)n(-c5ccccc5)c(=O)n4C3Cn3c(=O)n(-c4ccccc4)c(=O)n32)cc(I)c1O. The van der Waals surface area contributed by atoms with Gasteiger partial charge in [-0.2, -0.15) is 0 Å². The number of nitrogens with zero attached hydrogens (tertiary/aromatic N) is 6. The topological polar surface area (TPSA) is 127 Å². The average Bonchev–Trinajstić information content (AvgIpc) is 3.41. The Kier molecular flexibility index (Phi) is 6.00. The van der Waals surface area contributed by atoms with Crippen LogP contribution in [0.5, 0.6) is 11.5 Å². The number of methoxy groups -OCH3 is 1. The summed E-state index contributed by atoms with van der Waals surface area (Å²) in [6.45, 7) is 0.0294. The molecule has 4 heterocycles. The predicted molar refractivity (Wildman–Crippen MR) is 161 cm³/mol. The van der Waals surface area contributed by atoms with Crippen molar-refractivity contribution in [3.63, 3.8) is 0 Å². The molecule has 2 unspecified atom stereocenters. The van der Waals surface area contributed by atoms with Crippen molar-refractivity contribution in [2.24, 2.45) is 0 Å². The average molecular weight is 678 g/mol. The zero-order valence-corrected chi connectivity index (χ0v) is 24.3. The summed E-state index contributed by atoms with van der Waals surface area (Å²) in [5.74, 6) is 0.146. The number of ether oxygens (including phenoxy) is 1. The minimum Gasteiger partial charge on any atom is -0.504 e. The predicted octanol–water partition coefficient (Wildman–Crippen LogP) is 2.02. The van der Waals surface area contributed by atoms with E-state index in [1.54, 1.807) is 72.8 Å². The molecule has 42 heavy (non-hydrogen) atoms. The number of para-hydroxylation sites is 2. The molecular formula is C29H23IN6O6. The fourth-order valence-electron chi connectivity index (χ4n) is 5.96. The molecule has 2 aliphatic rings. The lowest BCUT2D eigenvalue weighted by Gasteiger charge is -2.37. The number of phenols is 1. The molecule has 0 bridgehead atoms. The highest BCUT2D eigenvalue weighted by Crippen LogP contribution is 2.42. The van der Waals surface area contributed by atoms with Crippen LogP contribution in [0.2, 0.25) is 0 Å². The lowest BCUT2D eigenvalue weighted by molar-refractivity contribution is 0.245. The van der Waals surface area contributed by atoms with E-state index in [-0.39, 0.29) is 24.6 Å². The molecule has 3 aromatic carbocycles. The van der Waals surface area contributed by atoms with Crippen molar-refractivity contribution in [1.29, 1.82) is 0 Å². The van der Waals surface area contributed by atoms with Crippen molar-refractivity contribution in [2.45, 2.75) is 25.2 Å². The van der Waals surface area contributed by atoms with Gasteiger partial charge in [0, 0.05) is 0 Å². The van der Waals surface area contributed by atoms with Gasteiger partial charge in [0.05, 0.1) is 41.2 Å². The number of hydrogen-bond donors (Lipinski definition) is 1. The molecule has 1 N–H and O–H groups in total. The molecule has 0 fully saturated rings. The van der Waals surface area contributed by atoms with Gasteiger partial charge in [-0.15, -0.1) is 0 Å². The van der Waals surface area contributed by atoms with Crippen molar-refractivity contribution < 1.29 is 9.84 Å². The zero-order valence-electron chi connectivity index (χ0n) is 22.1. The Labute approximate surface area is 250 Å². The molecule has 212 valence electrons. The standard InChI is InChI=1S/C29H23IN6O6/c1-42-23-15-17(14-21(30)25(23)37)24-20-12-13-31-26(38)33(18-8-4-2-5-9-18)28(40)35(31)22(20)16-32-27(39)34(29(41)36(24)32)19-10-6-3-7-11-19/h2-12,14-15,22,24,37H,13,16H2,1H3. The molecule has 2 atom stereocenters. The van der Waals surface area contributed by atoms with Crippen LogP contribution in [0.25, 0.3) is 11.4 Å². The molecule has 0 saturated heterocycles. The van der Waals surface area contributed by atoms with Gasteiger partial charge < -0.3 is 9.84 Å². The van der Waals surface area contributed by atoms with Crippen molar-refractivity contribution in [1.82, 2.24) is 27.9 Å². The van der Waals surface area contributed by atoms with Crippen LogP contribution >= 0.6 is 22.6 Å². The van der Waals surface area contributed by atoms with Gasteiger partial charge in [0.1, 0.15) is 6.04 Å². The Balaban J connectivity index is 1.51. The highest BCUT2D eigenvalue weighted by Gasteiger charge is 2.42. The molecule has 13 heteroatoms. The Hall–Kier alpha value is -4.79. The van der Waals surface area contributed by atoms with Crippen LogP contribution in [-0.4, -0.2) is 40.1 Å². The van der Waals surface area contributed by atoms with Crippen LogP contribution in [0.3, 0.4) is 0 Å². The molecule has 0 saturated carbocycles. The van der Waals surface area contributed by atoms with Gasteiger partial charge in [0.2, 0.25) is 0 Å². The smallest absolute Gasteiger partial charge is 0.352 e. The summed E-state index contributed by atoms with van der Waals surface area (Å²) in [5, 5.41) is 10.5. The first kappa shape index (κ1) is 26.1. The van der Waals surface area contributed by atoms with E-state index in [4.69, 9.17) is 4.74 Å². The fraction of sp³-hybridized carbons (Fsp3) is 0.172. The molecule has 0 spiro atoms. The quantitative estimate of drug-likeness (QED) is 0.229. The summed E-state index contributed by atoms with van der Waals surface area (Å²) < 4.78 is 13.5. The number of benzene rings is 3. The van der Waals surface area contributed by atoms with Crippen molar-refractivity contribution in [3.8, 4) is 22.9 Å². The minimum absolute atomic E-state index is 0.0524. The molecule has 2 aliphatic heterocycles. The van der Waals surface area contributed by atoms with Crippen LogP contribution in [0.4, 0.5) is 0 Å². The van der Waals surface area contributed by atoms with Gasteiger partial charge in [-0.25, -0.2) is 47.0 Å². The maximum absolute atomic E-state index is 14.0. The fourth-order valence-corrected chi connectivity index (χ4v) is 6.59. The maximum Gasteiger partial charge on any atom is 0.352 e. The summed E-state index contributed by atoms with van der Waals surface area (Å²) in [5.41, 5.74) is -0.130. The third-order valence-corrected chi connectivity index (χ3v) is 8.64. The largest absolute Gasteiger partial charge is 0.504 e. The summed E-state index contributed by atoms with van der Waals surface area (Å²) >= 11 is 1.98.